The Bertz CT molecular complexity index is 1100. The summed E-state index contributed by atoms with van der Waals surface area (Å²) in [6.45, 7) is 2.45. The zero-order chi connectivity index (χ0) is 21.2. The fraction of sp³-hybridized carbons (Fsp3) is 0.259. The Hall–Kier alpha value is -3.24. The fourth-order valence-corrected chi connectivity index (χ4v) is 4.82. The minimum atomic E-state index is -0.169. The topological polar surface area (TPSA) is 40.6 Å². The summed E-state index contributed by atoms with van der Waals surface area (Å²) >= 11 is 0. The van der Waals surface area contributed by atoms with Crippen LogP contribution in [0.4, 0.5) is 0 Å². The minimum Gasteiger partial charge on any atom is -0.293 e. The van der Waals surface area contributed by atoms with Crippen molar-refractivity contribution in [2.45, 2.75) is 25.3 Å². The average Bonchev–Trinajstić information content (AvgIpc) is 2.82. The molecule has 0 fully saturated rings. The first-order valence-electron chi connectivity index (χ1n) is 11.1. The van der Waals surface area contributed by atoms with E-state index in [1.54, 1.807) is 0 Å². The summed E-state index contributed by atoms with van der Waals surface area (Å²) in [7, 11) is 0. The molecule has 2 aliphatic heterocycles. The lowest BCUT2D eigenvalue weighted by molar-refractivity contribution is 0.0606. The number of nitrogens with zero attached hydrogens (tertiary/aromatic N) is 2. The van der Waals surface area contributed by atoms with E-state index in [1.807, 2.05) is 42.5 Å². The molecule has 1 unspecified atom stereocenters. The number of unbranched alkanes of at least 4 members (excludes halogenated alkanes) is 1. The maximum atomic E-state index is 13.0. The normalized spacial score (nSPS) is 18.7. The van der Waals surface area contributed by atoms with Crippen LogP contribution in [0.5, 0.6) is 0 Å². The number of amides is 2. The first-order valence-corrected chi connectivity index (χ1v) is 11.1. The third kappa shape index (κ3) is 3.68. The Kier molecular flexibility index (Phi) is 5.39. The van der Waals surface area contributed by atoms with Gasteiger partial charge in [-0.3, -0.25) is 19.4 Å². The molecule has 3 aromatic rings. The third-order valence-electron chi connectivity index (χ3n) is 6.37. The molecule has 4 heteroatoms. The van der Waals surface area contributed by atoms with Crippen molar-refractivity contribution in [3.8, 4) is 0 Å². The predicted octanol–water partition coefficient (Wildman–Crippen LogP) is 5.22. The molecule has 2 heterocycles. The summed E-state index contributed by atoms with van der Waals surface area (Å²) in [4.78, 5) is 30.0. The van der Waals surface area contributed by atoms with Crippen LogP contribution in [-0.4, -0.2) is 41.2 Å². The van der Waals surface area contributed by atoms with Crippen molar-refractivity contribution in [2.75, 3.05) is 19.6 Å². The van der Waals surface area contributed by atoms with Crippen LogP contribution >= 0.6 is 0 Å². The highest BCUT2D eigenvalue weighted by molar-refractivity contribution is 6.25. The minimum absolute atomic E-state index is 0.169. The number of rotatable bonds is 6. The molecular weight excluding hydrogens is 384 g/mol. The largest absolute Gasteiger partial charge is 0.293 e. The van der Waals surface area contributed by atoms with Gasteiger partial charge in [-0.15, -0.1) is 0 Å². The van der Waals surface area contributed by atoms with E-state index in [0.717, 1.165) is 43.1 Å². The van der Waals surface area contributed by atoms with Crippen LogP contribution in [0.15, 0.2) is 78.9 Å². The molecular formula is C27H26N2O2. The molecule has 4 nitrogen and oxygen atoms in total. The molecule has 0 spiro atoms. The Balaban J connectivity index is 1.24. The van der Waals surface area contributed by atoms with E-state index in [-0.39, 0.29) is 11.8 Å². The van der Waals surface area contributed by atoms with Crippen LogP contribution in [-0.2, 0) is 0 Å². The lowest BCUT2D eigenvalue weighted by Crippen LogP contribution is -2.41. The summed E-state index contributed by atoms with van der Waals surface area (Å²) in [5, 5.41) is 1.74. The van der Waals surface area contributed by atoms with Crippen molar-refractivity contribution in [2.24, 2.45) is 0 Å². The molecule has 0 saturated carbocycles. The maximum absolute atomic E-state index is 13.0. The highest BCUT2D eigenvalue weighted by atomic mass is 16.2. The zero-order valence-electron chi connectivity index (χ0n) is 17.5. The van der Waals surface area contributed by atoms with Crippen molar-refractivity contribution in [1.82, 2.24) is 9.80 Å². The summed E-state index contributed by atoms with van der Waals surface area (Å²) in [6.07, 6.45) is 7.36. The summed E-state index contributed by atoms with van der Waals surface area (Å²) < 4.78 is 0. The second-order valence-corrected chi connectivity index (χ2v) is 8.29. The molecule has 0 N–H and O–H groups in total. The number of hydrogen-bond donors (Lipinski definition) is 0. The molecule has 2 aliphatic rings. The number of carbonyl (C=O) groups is 2. The second-order valence-electron chi connectivity index (χ2n) is 8.29. The van der Waals surface area contributed by atoms with Crippen LogP contribution in [0, 0.1) is 0 Å². The molecule has 0 bridgehead atoms. The van der Waals surface area contributed by atoms with E-state index >= 15 is 0 Å². The molecule has 3 aromatic carbocycles. The van der Waals surface area contributed by atoms with Gasteiger partial charge < -0.3 is 0 Å². The third-order valence-corrected chi connectivity index (χ3v) is 6.37. The van der Waals surface area contributed by atoms with E-state index in [4.69, 9.17) is 0 Å². The van der Waals surface area contributed by atoms with Crippen LogP contribution in [0.3, 0.4) is 0 Å². The highest BCUT2D eigenvalue weighted by Crippen LogP contribution is 2.30. The molecule has 0 saturated heterocycles. The molecule has 5 rings (SSSR count). The first kappa shape index (κ1) is 19.7. The zero-order valence-corrected chi connectivity index (χ0v) is 17.5. The van der Waals surface area contributed by atoms with Crippen molar-refractivity contribution in [1.29, 1.82) is 0 Å². The number of imide groups is 1. The van der Waals surface area contributed by atoms with Gasteiger partial charge >= 0.3 is 0 Å². The maximum Gasteiger partial charge on any atom is 0.261 e. The van der Waals surface area contributed by atoms with Crippen LogP contribution in [0.1, 0.15) is 51.6 Å². The van der Waals surface area contributed by atoms with Crippen molar-refractivity contribution in [3.05, 3.63) is 95.6 Å². The summed E-state index contributed by atoms with van der Waals surface area (Å²) in [5.41, 5.74) is 2.58. The van der Waals surface area contributed by atoms with Gasteiger partial charge in [0.25, 0.3) is 11.8 Å². The van der Waals surface area contributed by atoms with Crippen molar-refractivity contribution >= 4 is 22.6 Å². The monoisotopic (exact) mass is 410 g/mol. The van der Waals surface area contributed by atoms with Gasteiger partial charge in [-0.1, -0.05) is 66.7 Å². The van der Waals surface area contributed by atoms with Gasteiger partial charge in [0.1, 0.15) is 0 Å². The van der Waals surface area contributed by atoms with Gasteiger partial charge in [-0.05, 0) is 48.9 Å². The SMILES string of the molecule is O=C1c2cccc3cccc(c23)C(=O)N1CCCCN1CCC=CC1c1ccccc1. The predicted molar refractivity (Wildman–Crippen MR) is 123 cm³/mol. The highest BCUT2D eigenvalue weighted by Gasteiger charge is 2.32. The van der Waals surface area contributed by atoms with Gasteiger partial charge in [-0.25, -0.2) is 0 Å². The molecule has 31 heavy (non-hydrogen) atoms. The lowest BCUT2D eigenvalue weighted by Gasteiger charge is -2.33. The van der Waals surface area contributed by atoms with E-state index in [2.05, 4.69) is 41.3 Å². The Morgan fingerprint density at radius 2 is 1.45 bits per heavy atom. The van der Waals surface area contributed by atoms with Crippen molar-refractivity contribution in [3.63, 3.8) is 0 Å². The quantitative estimate of drug-likeness (QED) is 0.318. The van der Waals surface area contributed by atoms with Gasteiger partial charge in [0.05, 0.1) is 6.04 Å². The molecule has 1 atom stereocenters. The number of carbonyl (C=O) groups excluding carboxylic acids is 2. The van der Waals surface area contributed by atoms with Gasteiger partial charge in [0, 0.05) is 29.6 Å². The van der Waals surface area contributed by atoms with Gasteiger partial charge in [-0.2, -0.15) is 0 Å². The fourth-order valence-electron chi connectivity index (χ4n) is 4.82. The molecule has 156 valence electrons. The van der Waals surface area contributed by atoms with Crippen LogP contribution in [0.25, 0.3) is 10.8 Å². The Morgan fingerprint density at radius 1 is 0.774 bits per heavy atom. The Morgan fingerprint density at radius 3 is 2.16 bits per heavy atom. The Labute approximate surface area is 182 Å². The second kappa shape index (κ2) is 8.48. The van der Waals surface area contributed by atoms with E-state index in [1.165, 1.54) is 10.5 Å². The number of hydrogen-bond acceptors (Lipinski definition) is 3. The van der Waals surface area contributed by atoms with E-state index in [0.29, 0.717) is 23.7 Å². The standard InChI is InChI=1S/C27H26N2O2/c30-26-22-14-8-12-21-13-9-15-23(25(21)22)27(31)29(26)19-7-6-18-28-17-5-4-16-24(28)20-10-2-1-3-11-20/h1-4,8-16,24H,5-7,17-19H2. The first-order chi connectivity index (χ1) is 15.2. The lowest BCUT2D eigenvalue weighted by atomic mass is 9.94. The van der Waals surface area contributed by atoms with Crippen LogP contribution in [0.2, 0.25) is 0 Å². The van der Waals surface area contributed by atoms with Crippen molar-refractivity contribution < 1.29 is 9.59 Å². The van der Waals surface area contributed by atoms with Gasteiger partial charge in [0.2, 0.25) is 0 Å². The molecule has 2 amide bonds. The number of benzene rings is 3. The van der Waals surface area contributed by atoms with E-state index in [9.17, 15) is 9.59 Å². The smallest absolute Gasteiger partial charge is 0.261 e. The summed E-state index contributed by atoms with van der Waals surface area (Å²) in [5.74, 6) is -0.338. The molecule has 0 radical (unpaired) electrons. The van der Waals surface area contributed by atoms with Crippen LogP contribution < -0.4 is 0 Å². The molecule has 0 aliphatic carbocycles. The average molecular weight is 411 g/mol. The molecule has 0 aromatic heterocycles. The van der Waals surface area contributed by atoms with E-state index < -0.39 is 0 Å². The summed E-state index contributed by atoms with van der Waals surface area (Å²) in [6, 6.07) is 22.2. The van der Waals surface area contributed by atoms with Gasteiger partial charge in [0.15, 0.2) is 0 Å².